The highest BCUT2D eigenvalue weighted by atomic mass is 16.5. The monoisotopic (exact) mass is 318 g/mol. The van der Waals surface area contributed by atoms with E-state index in [0.29, 0.717) is 17.1 Å². The highest BCUT2D eigenvalue weighted by Gasteiger charge is 2.39. The molecule has 0 spiro atoms. The molecule has 1 aromatic carbocycles. The molecule has 0 N–H and O–H groups in total. The third kappa shape index (κ3) is 2.08. The number of rotatable bonds is 2. The lowest BCUT2D eigenvalue weighted by Gasteiger charge is -2.36. The van der Waals surface area contributed by atoms with Gasteiger partial charge in [0.25, 0.3) is 0 Å². The van der Waals surface area contributed by atoms with Gasteiger partial charge >= 0.3 is 0 Å². The summed E-state index contributed by atoms with van der Waals surface area (Å²) in [5.74, 6) is 1.53. The third-order valence-corrected chi connectivity index (χ3v) is 4.96. The molecule has 1 heterocycles. The van der Waals surface area contributed by atoms with Gasteiger partial charge in [-0.25, -0.2) is 0 Å². The van der Waals surface area contributed by atoms with Crippen molar-refractivity contribution in [3.8, 4) is 16.9 Å². The summed E-state index contributed by atoms with van der Waals surface area (Å²) in [5, 5.41) is 0. The highest BCUT2D eigenvalue weighted by molar-refractivity contribution is 5.68. The minimum absolute atomic E-state index is 0.0151. The molecule has 24 heavy (non-hydrogen) atoms. The van der Waals surface area contributed by atoms with Crippen molar-refractivity contribution >= 4 is 6.08 Å². The second-order valence-electron chi connectivity index (χ2n) is 6.36. The first-order chi connectivity index (χ1) is 11.6. The normalized spacial score (nSPS) is 23.7. The van der Waals surface area contributed by atoms with E-state index in [9.17, 15) is 4.79 Å². The van der Waals surface area contributed by atoms with E-state index >= 15 is 0 Å². The van der Waals surface area contributed by atoms with Crippen molar-refractivity contribution in [2.45, 2.75) is 12.3 Å². The van der Waals surface area contributed by atoms with Crippen LogP contribution in [0.3, 0.4) is 0 Å². The fourth-order valence-electron chi connectivity index (χ4n) is 3.56. The molecule has 2 aromatic rings. The molecule has 2 aliphatic rings. The van der Waals surface area contributed by atoms with Crippen LogP contribution in [0.4, 0.5) is 0 Å². The summed E-state index contributed by atoms with van der Waals surface area (Å²) in [5.41, 5.74) is 1.72. The van der Waals surface area contributed by atoms with Crippen LogP contribution in [-0.4, -0.2) is 7.11 Å². The van der Waals surface area contributed by atoms with E-state index in [1.807, 2.05) is 42.5 Å². The number of allylic oxidation sites excluding steroid dienone is 5. The predicted molar refractivity (Wildman–Crippen MR) is 95.1 cm³/mol. The fraction of sp³-hybridized carbons (Fsp3) is 0.190. The van der Waals surface area contributed by atoms with Gasteiger partial charge in [-0.1, -0.05) is 49.4 Å². The number of benzene rings is 1. The molecule has 0 saturated heterocycles. The van der Waals surface area contributed by atoms with E-state index in [1.54, 1.807) is 13.4 Å². The van der Waals surface area contributed by atoms with Gasteiger partial charge in [-0.2, -0.15) is 0 Å². The van der Waals surface area contributed by atoms with E-state index in [4.69, 9.17) is 9.15 Å². The largest absolute Gasteiger partial charge is 0.497 e. The Bertz CT molecular complexity index is 946. The molecule has 4 rings (SSSR count). The molecule has 0 radical (unpaired) electrons. The van der Waals surface area contributed by atoms with Crippen LogP contribution >= 0.6 is 0 Å². The Hall–Kier alpha value is -2.81. The first kappa shape index (κ1) is 14.8. The van der Waals surface area contributed by atoms with Crippen molar-refractivity contribution in [2.24, 2.45) is 5.92 Å². The van der Waals surface area contributed by atoms with Gasteiger partial charge in [0, 0.05) is 11.3 Å². The number of hydrogen-bond acceptors (Lipinski definition) is 3. The van der Waals surface area contributed by atoms with Crippen molar-refractivity contribution in [1.82, 2.24) is 0 Å². The summed E-state index contributed by atoms with van der Waals surface area (Å²) in [4.78, 5) is 13.3. The number of methoxy groups -OCH3 is 1. The molecule has 3 heteroatoms. The van der Waals surface area contributed by atoms with Crippen LogP contribution in [0.25, 0.3) is 17.2 Å². The molecule has 0 bridgehead atoms. The summed E-state index contributed by atoms with van der Waals surface area (Å²) >= 11 is 0. The average molecular weight is 318 g/mol. The Morgan fingerprint density at radius 3 is 2.92 bits per heavy atom. The van der Waals surface area contributed by atoms with Crippen molar-refractivity contribution in [3.63, 3.8) is 0 Å². The lowest BCUT2D eigenvalue weighted by molar-refractivity contribution is 0.415. The molecule has 3 nitrogen and oxygen atoms in total. The summed E-state index contributed by atoms with van der Waals surface area (Å²) in [6, 6.07) is 7.49. The Labute approximate surface area is 140 Å². The molecule has 120 valence electrons. The first-order valence-corrected chi connectivity index (χ1v) is 7.98. The Kier molecular flexibility index (Phi) is 3.31. The van der Waals surface area contributed by atoms with E-state index in [1.165, 1.54) is 0 Å². The molecule has 0 saturated carbocycles. The van der Waals surface area contributed by atoms with Gasteiger partial charge in [-0.3, -0.25) is 4.79 Å². The van der Waals surface area contributed by atoms with E-state index in [0.717, 1.165) is 11.1 Å². The minimum atomic E-state index is -0.381. The minimum Gasteiger partial charge on any atom is -0.497 e. The van der Waals surface area contributed by atoms with Crippen LogP contribution in [-0.2, 0) is 5.41 Å². The molecular formula is C21H18O3. The molecule has 1 aromatic heterocycles. The van der Waals surface area contributed by atoms with E-state index in [2.05, 4.69) is 25.2 Å². The molecule has 0 aliphatic heterocycles. The third-order valence-electron chi connectivity index (χ3n) is 4.96. The van der Waals surface area contributed by atoms with Crippen LogP contribution in [0, 0.1) is 5.92 Å². The molecule has 0 amide bonds. The van der Waals surface area contributed by atoms with Gasteiger partial charge in [0.15, 0.2) is 5.43 Å². The van der Waals surface area contributed by atoms with Gasteiger partial charge in [0.1, 0.15) is 17.8 Å². The lowest BCUT2D eigenvalue weighted by Crippen LogP contribution is -2.37. The lowest BCUT2D eigenvalue weighted by atomic mass is 9.66. The van der Waals surface area contributed by atoms with Crippen LogP contribution in [0.2, 0.25) is 0 Å². The van der Waals surface area contributed by atoms with Crippen molar-refractivity contribution in [3.05, 3.63) is 82.5 Å². The average Bonchev–Trinajstić information content (AvgIpc) is 2.61. The summed E-state index contributed by atoms with van der Waals surface area (Å²) in [7, 11) is 1.62. The van der Waals surface area contributed by atoms with Gasteiger partial charge in [0.05, 0.1) is 18.2 Å². The van der Waals surface area contributed by atoms with Crippen LogP contribution in [0.5, 0.6) is 5.75 Å². The molecule has 0 fully saturated rings. The van der Waals surface area contributed by atoms with E-state index in [-0.39, 0.29) is 16.8 Å². The zero-order valence-electron chi connectivity index (χ0n) is 13.7. The zero-order chi connectivity index (χ0) is 16.7. The maximum atomic E-state index is 13.3. The van der Waals surface area contributed by atoms with Crippen molar-refractivity contribution < 1.29 is 9.15 Å². The second-order valence-corrected chi connectivity index (χ2v) is 6.36. The fourth-order valence-corrected chi connectivity index (χ4v) is 3.56. The van der Waals surface area contributed by atoms with E-state index < -0.39 is 0 Å². The molecule has 2 aliphatic carbocycles. The summed E-state index contributed by atoms with van der Waals surface area (Å²) < 4.78 is 11.1. The van der Waals surface area contributed by atoms with Crippen LogP contribution in [0.1, 0.15) is 18.2 Å². The number of ether oxygens (including phenoxy) is 1. The van der Waals surface area contributed by atoms with Gasteiger partial charge < -0.3 is 9.15 Å². The van der Waals surface area contributed by atoms with Gasteiger partial charge in [-0.15, -0.1) is 0 Å². The zero-order valence-corrected chi connectivity index (χ0v) is 13.7. The van der Waals surface area contributed by atoms with Gasteiger partial charge in [0.2, 0.25) is 0 Å². The van der Waals surface area contributed by atoms with Gasteiger partial charge in [-0.05, 0) is 23.8 Å². The Morgan fingerprint density at radius 1 is 1.21 bits per heavy atom. The Balaban J connectivity index is 1.94. The number of hydrogen-bond donors (Lipinski definition) is 0. The highest BCUT2D eigenvalue weighted by Crippen LogP contribution is 2.42. The smallest absolute Gasteiger partial charge is 0.197 e. The molecular weight excluding hydrogens is 300 g/mol. The SMILES string of the molecule is COc1cccc(-c2coc3c(c2=O)C2(C)C=CC=CC2C=C3)c1. The molecule has 2 unspecified atom stereocenters. The maximum Gasteiger partial charge on any atom is 0.197 e. The topological polar surface area (TPSA) is 39.4 Å². The second kappa shape index (κ2) is 5.38. The quantitative estimate of drug-likeness (QED) is 0.827. The predicted octanol–water partition coefficient (Wildman–Crippen LogP) is 4.34. The first-order valence-electron chi connectivity index (χ1n) is 7.98. The van der Waals surface area contributed by atoms with Crippen molar-refractivity contribution in [2.75, 3.05) is 7.11 Å². The van der Waals surface area contributed by atoms with Crippen LogP contribution in [0.15, 0.2) is 70.1 Å². The maximum absolute atomic E-state index is 13.3. The molecule has 2 atom stereocenters. The Morgan fingerprint density at radius 2 is 2.08 bits per heavy atom. The van der Waals surface area contributed by atoms with Crippen molar-refractivity contribution in [1.29, 1.82) is 0 Å². The summed E-state index contributed by atoms with van der Waals surface area (Å²) in [6.07, 6.45) is 13.8. The summed E-state index contributed by atoms with van der Waals surface area (Å²) in [6.45, 7) is 2.09. The number of fused-ring (bicyclic) bond motifs is 3. The standard InChI is InChI=1S/C21H18O3/c1-21-11-4-3-7-15(21)9-10-18-19(21)20(22)17(13-24-18)14-6-5-8-16(12-14)23-2/h3-13,15H,1-2H3. The van der Waals surface area contributed by atoms with Crippen LogP contribution < -0.4 is 10.2 Å².